The minimum Gasteiger partial charge on any atom is -0.0711 e. The normalized spacial score (nSPS) is 16.5. The smallest absolute Gasteiger partial charge is 0.0711 e. The molecule has 1 heterocycles. The van der Waals surface area contributed by atoms with E-state index in [1.807, 2.05) is 0 Å². The van der Waals surface area contributed by atoms with Gasteiger partial charge in [0.25, 0.3) is 0 Å². The van der Waals surface area contributed by atoms with E-state index in [-0.39, 0.29) is 0 Å². The van der Waals surface area contributed by atoms with Crippen LogP contribution in [0.3, 0.4) is 0 Å². The molecule has 0 saturated heterocycles. The maximum Gasteiger partial charge on any atom is 0.105 e. The van der Waals surface area contributed by atoms with Crippen LogP contribution in [-0.4, -0.2) is 22.3 Å². The molecular formula is C18H26Si3. The fraction of sp³-hybridized carbons (Fsp3) is 0.333. The van der Waals surface area contributed by atoms with Gasteiger partial charge in [-0.25, -0.2) is 0 Å². The molecule has 2 aromatic rings. The Bertz CT molecular complexity index is 629. The van der Waals surface area contributed by atoms with Gasteiger partial charge in [0.05, 0.1) is 0 Å². The van der Waals surface area contributed by atoms with Crippen LogP contribution in [0.15, 0.2) is 48.5 Å². The van der Waals surface area contributed by atoms with Crippen molar-refractivity contribution in [3.63, 3.8) is 0 Å². The number of hydrogen-bond donors (Lipinski definition) is 0. The molecule has 0 N–H and O–H groups in total. The highest BCUT2D eigenvalue weighted by Crippen LogP contribution is 2.38. The van der Waals surface area contributed by atoms with E-state index in [9.17, 15) is 0 Å². The van der Waals surface area contributed by atoms with E-state index in [1.54, 1.807) is 21.5 Å². The maximum absolute atomic E-state index is 2.62. The van der Waals surface area contributed by atoms with Crippen molar-refractivity contribution in [3.05, 3.63) is 48.5 Å². The minimum atomic E-state index is -1.60. The Labute approximate surface area is 131 Å². The van der Waals surface area contributed by atoms with E-state index in [0.29, 0.717) is 0 Å². The molecule has 0 spiro atoms. The van der Waals surface area contributed by atoms with Crippen molar-refractivity contribution in [2.75, 3.05) is 0 Å². The Kier molecular flexibility index (Phi) is 3.24. The van der Waals surface area contributed by atoms with Gasteiger partial charge in [-0.05, 0) is 11.1 Å². The van der Waals surface area contributed by atoms with E-state index < -0.39 is 22.3 Å². The molecule has 0 aliphatic carbocycles. The van der Waals surface area contributed by atoms with Crippen molar-refractivity contribution in [1.29, 1.82) is 0 Å². The molecule has 1 aliphatic heterocycles. The quantitative estimate of drug-likeness (QED) is 0.730. The van der Waals surface area contributed by atoms with Gasteiger partial charge in [-0.3, -0.25) is 0 Å². The molecule has 3 rings (SSSR count). The second kappa shape index (κ2) is 4.54. The lowest BCUT2D eigenvalue weighted by atomic mass is 10.1. The summed E-state index contributed by atoms with van der Waals surface area (Å²) in [6, 6.07) is 18.6. The second-order valence-electron chi connectivity index (χ2n) is 8.34. The van der Waals surface area contributed by atoms with Gasteiger partial charge < -0.3 is 0 Å². The summed E-state index contributed by atoms with van der Waals surface area (Å²) in [4.78, 5) is 0. The summed E-state index contributed by atoms with van der Waals surface area (Å²) >= 11 is 0. The zero-order valence-corrected chi connectivity index (χ0v) is 17.1. The molecule has 0 radical (unpaired) electrons. The molecule has 110 valence electrons. The first-order valence-corrected chi connectivity index (χ1v) is 18.9. The highest BCUT2D eigenvalue weighted by Gasteiger charge is 2.60. The summed E-state index contributed by atoms with van der Waals surface area (Å²) in [5.41, 5.74) is 3.09. The van der Waals surface area contributed by atoms with Crippen LogP contribution in [0.2, 0.25) is 39.3 Å². The summed E-state index contributed by atoms with van der Waals surface area (Å²) in [7, 11) is -4.22. The van der Waals surface area contributed by atoms with Crippen LogP contribution in [0.25, 0.3) is 11.1 Å². The highest BCUT2D eigenvalue weighted by atomic mass is 29.6. The molecule has 2 aromatic carbocycles. The van der Waals surface area contributed by atoms with E-state index in [4.69, 9.17) is 0 Å². The largest absolute Gasteiger partial charge is 0.105 e. The standard InChI is InChI=1S/C18H26Si3/c1-19(2,3)21(20(4,5)6)17-13-9-7-11-15(17)16-12-8-10-14-18(16)21/h7-14H,1-6H3. The lowest BCUT2D eigenvalue weighted by Gasteiger charge is -2.49. The Morgan fingerprint density at radius 2 is 0.905 bits per heavy atom. The lowest BCUT2D eigenvalue weighted by molar-refractivity contribution is 1.71. The van der Waals surface area contributed by atoms with Gasteiger partial charge in [0.15, 0.2) is 0 Å². The van der Waals surface area contributed by atoms with E-state index >= 15 is 0 Å². The van der Waals surface area contributed by atoms with Crippen LogP contribution >= 0.6 is 0 Å². The van der Waals surface area contributed by atoms with Crippen molar-refractivity contribution in [1.82, 2.24) is 0 Å². The average Bonchev–Trinajstić information content (AvgIpc) is 2.69. The summed E-state index contributed by atoms with van der Waals surface area (Å²) in [6.45, 7) is 15.7. The first kappa shape index (κ1) is 15.0. The van der Waals surface area contributed by atoms with Crippen LogP contribution in [0.1, 0.15) is 0 Å². The fourth-order valence-electron chi connectivity index (χ4n) is 4.98. The molecular weight excluding hydrogens is 300 g/mol. The van der Waals surface area contributed by atoms with Gasteiger partial charge in [-0.15, -0.1) is 0 Å². The molecule has 21 heavy (non-hydrogen) atoms. The van der Waals surface area contributed by atoms with Crippen molar-refractivity contribution in [2.24, 2.45) is 0 Å². The number of benzene rings is 2. The zero-order chi connectivity index (χ0) is 15.5. The average molecular weight is 327 g/mol. The number of fused-ring (bicyclic) bond motifs is 3. The van der Waals surface area contributed by atoms with Crippen LogP contribution in [0.5, 0.6) is 0 Å². The van der Waals surface area contributed by atoms with Crippen molar-refractivity contribution in [3.8, 4) is 11.1 Å². The van der Waals surface area contributed by atoms with Gasteiger partial charge in [0, 0.05) is 15.2 Å². The lowest BCUT2D eigenvalue weighted by Crippen LogP contribution is -2.82. The molecule has 0 atom stereocenters. The molecule has 0 bridgehead atoms. The van der Waals surface area contributed by atoms with E-state index in [2.05, 4.69) is 87.8 Å². The van der Waals surface area contributed by atoms with Gasteiger partial charge in [-0.1, -0.05) is 98.2 Å². The van der Waals surface area contributed by atoms with Crippen LogP contribution in [0.4, 0.5) is 0 Å². The molecule has 0 aromatic heterocycles. The zero-order valence-electron chi connectivity index (χ0n) is 14.1. The second-order valence-corrected chi connectivity index (χ2v) is 34.9. The van der Waals surface area contributed by atoms with Gasteiger partial charge >= 0.3 is 0 Å². The van der Waals surface area contributed by atoms with Gasteiger partial charge in [-0.2, -0.15) is 0 Å². The predicted molar refractivity (Wildman–Crippen MR) is 104 cm³/mol. The third-order valence-corrected chi connectivity index (χ3v) is 42.4. The third kappa shape index (κ3) is 1.84. The van der Waals surface area contributed by atoms with Gasteiger partial charge in [0.1, 0.15) is 7.11 Å². The monoisotopic (exact) mass is 326 g/mol. The SMILES string of the molecule is C[Si](C)(C)[Si]1([Si](C)(C)C)c2ccccc2-c2ccccc21. The Morgan fingerprint density at radius 1 is 0.571 bits per heavy atom. The first-order valence-electron chi connectivity index (χ1n) is 7.90. The van der Waals surface area contributed by atoms with E-state index in [1.165, 1.54) is 0 Å². The summed E-state index contributed by atoms with van der Waals surface area (Å²) in [5.74, 6) is 0. The number of rotatable bonds is 2. The van der Waals surface area contributed by atoms with Crippen molar-refractivity contribution < 1.29 is 0 Å². The predicted octanol–water partition coefficient (Wildman–Crippen LogP) is 4.06. The van der Waals surface area contributed by atoms with Crippen LogP contribution in [-0.2, 0) is 0 Å². The molecule has 0 amide bonds. The first-order chi connectivity index (χ1) is 9.71. The minimum absolute atomic E-state index is 1.31. The number of hydrogen-bond acceptors (Lipinski definition) is 0. The Morgan fingerprint density at radius 3 is 1.24 bits per heavy atom. The topological polar surface area (TPSA) is 0 Å². The molecule has 0 unspecified atom stereocenters. The van der Waals surface area contributed by atoms with Crippen LogP contribution in [0, 0.1) is 0 Å². The van der Waals surface area contributed by atoms with E-state index in [0.717, 1.165) is 0 Å². The van der Waals surface area contributed by atoms with Crippen molar-refractivity contribution in [2.45, 2.75) is 39.3 Å². The summed E-state index contributed by atoms with van der Waals surface area (Å²) < 4.78 is 0. The van der Waals surface area contributed by atoms with Gasteiger partial charge in [0.2, 0.25) is 0 Å². The Balaban J connectivity index is 2.51. The molecule has 0 fully saturated rings. The van der Waals surface area contributed by atoms with Crippen molar-refractivity contribution >= 4 is 32.7 Å². The third-order valence-electron chi connectivity index (χ3n) is 5.20. The molecule has 3 heteroatoms. The summed E-state index contributed by atoms with van der Waals surface area (Å²) in [5, 5.41) is 3.51. The maximum atomic E-state index is 2.62. The molecule has 0 saturated carbocycles. The molecule has 1 aliphatic rings. The van der Waals surface area contributed by atoms with Crippen LogP contribution < -0.4 is 10.4 Å². The summed E-state index contributed by atoms with van der Waals surface area (Å²) in [6.07, 6.45) is 0. The molecule has 0 nitrogen and oxygen atoms in total. The fourth-order valence-corrected chi connectivity index (χ4v) is 52.0. The Hall–Kier alpha value is -0.909. The highest BCUT2D eigenvalue weighted by molar-refractivity contribution is 7.77.